The van der Waals surface area contributed by atoms with Gasteiger partial charge in [0.05, 0.1) is 16.1 Å². The molecule has 4 heteroatoms. The summed E-state index contributed by atoms with van der Waals surface area (Å²) in [7, 11) is 0. The van der Waals surface area contributed by atoms with Crippen LogP contribution in [0.25, 0.3) is 0 Å². The van der Waals surface area contributed by atoms with Crippen molar-refractivity contribution in [1.29, 1.82) is 5.26 Å². The highest BCUT2D eigenvalue weighted by molar-refractivity contribution is 6.35. The zero-order valence-corrected chi connectivity index (χ0v) is 7.72. The molecule has 0 fully saturated rings. The number of benzene rings is 1. The number of rotatable bonds is 1. The molecular formula is C9H7ClN2O. The molecule has 1 aromatic rings. The van der Waals surface area contributed by atoms with Crippen LogP contribution < -0.4 is 5.73 Å². The molecule has 0 saturated carbocycles. The summed E-state index contributed by atoms with van der Waals surface area (Å²) < 4.78 is 0. The predicted octanol–water partition coefficient (Wildman–Crippen LogP) is 2.00. The maximum Gasteiger partial charge on any atom is 0.163 e. The fraction of sp³-hybridized carbons (Fsp3) is 0.111. The predicted molar refractivity (Wildman–Crippen MR) is 50.6 cm³/mol. The molecular weight excluding hydrogens is 188 g/mol. The molecule has 1 aromatic carbocycles. The molecule has 13 heavy (non-hydrogen) atoms. The third-order valence-corrected chi connectivity index (χ3v) is 2.04. The Hall–Kier alpha value is -1.53. The number of carbonyl (C=O) groups excluding carboxylic acids is 1. The summed E-state index contributed by atoms with van der Waals surface area (Å²) in [6.45, 7) is 1.36. The second-order valence-corrected chi connectivity index (χ2v) is 2.94. The minimum Gasteiger partial charge on any atom is -0.398 e. The normalized spacial score (nSPS) is 9.31. The van der Waals surface area contributed by atoms with Crippen LogP contribution in [-0.4, -0.2) is 5.78 Å². The van der Waals surface area contributed by atoms with Gasteiger partial charge in [0, 0.05) is 5.69 Å². The van der Waals surface area contributed by atoms with Crippen molar-refractivity contribution < 1.29 is 4.79 Å². The van der Waals surface area contributed by atoms with Crippen molar-refractivity contribution in [3.63, 3.8) is 0 Å². The Balaban J connectivity index is 3.50. The van der Waals surface area contributed by atoms with E-state index >= 15 is 0 Å². The quantitative estimate of drug-likeness (QED) is 0.549. The molecule has 0 atom stereocenters. The Labute approximate surface area is 80.7 Å². The van der Waals surface area contributed by atoms with Gasteiger partial charge >= 0.3 is 0 Å². The maximum absolute atomic E-state index is 11.1. The zero-order chi connectivity index (χ0) is 10.0. The van der Waals surface area contributed by atoms with Crippen molar-refractivity contribution in [2.75, 3.05) is 5.73 Å². The number of carbonyl (C=O) groups is 1. The fourth-order valence-corrected chi connectivity index (χ4v) is 1.38. The summed E-state index contributed by atoms with van der Waals surface area (Å²) in [5, 5.41) is 8.76. The van der Waals surface area contributed by atoms with Gasteiger partial charge in [0.25, 0.3) is 0 Å². The molecule has 0 spiro atoms. The SMILES string of the molecule is CC(=O)c1c(N)ccc(C#N)c1Cl. The number of ketones is 1. The number of hydrogen-bond acceptors (Lipinski definition) is 3. The molecule has 0 saturated heterocycles. The summed E-state index contributed by atoms with van der Waals surface area (Å²) >= 11 is 5.79. The molecule has 66 valence electrons. The van der Waals surface area contributed by atoms with Gasteiger partial charge in [-0.3, -0.25) is 4.79 Å². The van der Waals surface area contributed by atoms with Gasteiger partial charge in [0.1, 0.15) is 6.07 Å². The second-order valence-electron chi connectivity index (χ2n) is 2.56. The van der Waals surface area contributed by atoms with Crippen molar-refractivity contribution >= 4 is 23.1 Å². The Morgan fingerprint density at radius 3 is 2.69 bits per heavy atom. The minimum atomic E-state index is -0.236. The van der Waals surface area contributed by atoms with E-state index in [1.165, 1.54) is 19.1 Å². The number of nitrogens with zero attached hydrogens (tertiary/aromatic N) is 1. The van der Waals surface area contributed by atoms with E-state index in [4.69, 9.17) is 22.6 Å². The molecule has 3 nitrogen and oxygen atoms in total. The lowest BCUT2D eigenvalue weighted by molar-refractivity contribution is 0.101. The van der Waals surface area contributed by atoms with Crippen LogP contribution in [0.2, 0.25) is 5.02 Å². The van der Waals surface area contributed by atoms with Crippen molar-refractivity contribution in [2.45, 2.75) is 6.92 Å². The van der Waals surface area contributed by atoms with Gasteiger partial charge in [-0.2, -0.15) is 5.26 Å². The zero-order valence-electron chi connectivity index (χ0n) is 6.97. The highest BCUT2D eigenvalue weighted by atomic mass is 35.5. The van der Waals surface area contributed by atoms with E-state index in [-0.39, 0.29) is 21.9 Å². The third kappa shape index (κ3) is 1.63. The molecule has 0 aliphatic rings. The van der Waals surface area contributed by atoms with Crippen molar-refractivity contribution in [1.82, 2.24) is 0 Å². The number of nitrogen functional groups attached to an aromatic ring is 1. The van der Waals surface area contributed by atoms with Gasteiger partial charge < -0.3 is 5.73 Å². The van der Waals surface area contributed by atoms with E-state index in [2.05, 4.69) is 0 Å². The van der Waals surface area contributed by atoms with Gasteiger partial charge in [0.2, 0.25) is 0 Å². The van der Waals surface area contributed by atoms with Crippen LogP contribution in [-0.2, 0) is 0 Å². The summed E-state index contributed by atoms with van der Waals surface area (Å²) in [6, 6.07) is 4.87. The first-order chi connectivity index (χ1) is 6.07. The maximum atomic E-state index is 11.1. The number of nitrogens with two attached hydrogens (primary N) is 1. The van der Waals surface area contributed by atoms with Gasteiger partial charge in [-0.15, -0.1) is 0 Å². The highest BCUT2D eigenvalue weighted by Crippen LogP contribution is 2.26. The van der Waals surface area contributed by atoms with E-state index < -0.39 is 0 Å². The summed E-state index contributed by atoms with van der Waals surface area (Å²) in [5.74, 6) is -0.236. The van der Waals surface area contributed by atoms with Gasteiger partial charge in [-0.05, 0) is 19.1 Å². The molecule has 0 heterocycles. The highest BCUT2D eigenvalue weighted by Gasteiger charge is 2.13. The van der Waals surface area contributed by atoms with Crippen molar-refractivity contribution in [3.05, 3.63) is 28.3 Å². The Morgan fingerprint density at radius 1 is 1.62 bits per heavy atom. The summed E-state index contributed by atoms with van der Waals surface area (Å²) in [5.41, 5.74) is 6.32. The van der Waals surface area contributed by atoms with Crippen LogP contribution in [0.15, 0.2) is 12.1 Å². The second kappa shape index (κ2) is 3.46. The van der Waals surface area contributed by atoms with Crippen LogP contribution in [0, 0.1) is 11.3 Å². The topological polar surface area (TPSA) is 66.9 Å². The first-order valence-electron chi connectivity index (χ1n) is 3.57. The fourth-order valence-electron chi connectivity index (χ4n) is 1.04. The molecule has 1 rings (SSSR count). The van der Waals surface area contributed by atoms with Gasteiger partial charge in [-0.1, -0.05) is 11.6 Å². The van der Waals surface area contributed by atoms with Crippen LogP contribution >= 0.6 is 11.6 Å². The Bertz CT molecular complexity index is 407. The van der Waals surface area contributed by atoms with E-state index in [1.807, 2.05) is 6.07 Å². The van der Waals surface area contributed by atoms with Crippen LogP contribution in [0.5, 0.6) is 0 Å². The number of halogens is 1. The van der Waals surface area contributed by atoms with Gasteiger partial charge in [-0.25, -0.2) is 0 Å². The first-order valence-corrected chi connectivity index (χ1v) is 3.94. The Kier molecular flexibility index (Phi) is 2.54. The smallest absolute Gasteiger partial charge is 0.163 e. The number of nitriles is 1. The molecule has 0 bridgehead atoms. The van der Waals surface area contributed by atoms with E-state index in [1.54, 1.807) is 0 Å². The summed E-state index contributed by atoms with van der Waals surface area (Å²) in [4.78, 5) is 11.1. The van der Waals surface area contributed by atoms with Crippen LogP contribution in [0.1, 0.15) is 22.8 Å². The van der Waals surface area contributed by atoms with E-state index in [0.29, 0.717) is 5.69 Å². The van der Waals surface area contributed by atoms with Crippen molar-refractivity contribution in [2.24, 2.45) is 0 Å². The molecule has 0 aliphatic carbocycles. The summed E-state index contributed by atoms with van der Waals surface area (Å²) in [6.07, 6.45) is 0. The molecule has 0 amide bonds. The number of anilines is 1. The average Bonchev–Trinajstić information content (AvgIpc) is 2.04. The number of hydrogen-bond donors (Lipinski definition) is 1. The Morgan fingerprint density at radius 2 is 2.23 bits per heavy atom. The van der Waals surface area contributed by atoms with Crippen LogP contribution in [0.4, 0.5) is 5.69 Å². The van der Waals surface area contributed by atoms with E-state index in [9.17, 15) is 4.79 Å². The van der Waals surface area contributed by atoms with Crippen molar-refractivity contribution in [3.8, 4) is 6.07 Å². The van der Waals surface area contributed by atoms with Gasteiger partial charge in [0.15, 0.2) is 5.78 Å². The molecule has 0 radical (unpaired) electrons. The molecule has 2 N–H and O–H groups in total. The van der Waals surface area contributed by atoms with Crippen LogP contribution in [0.3, 0.4) is 0 Å². The molecule has 0 unspecified atom stereocenters. The lowest BCUT2D eigenvalue weighted by Gasteiger charge is -2.04. The number of Topliss-reactive ketones (excluding diaryl/α,β-unsaturated/α-hetero) is 1. The molecule has 0 aliphatic heterocycles. The largest absolute Gasteiger partial charge is 0.398 e. The molecule has 0 aromatic heterocycles. The lowest BCUT2D eigenvalue weighted by Crippen LogP contribution is -2.01. The first kappa shape index (κ1) is 9.56. The monoisotopic (exact) mass is 194 g/mol. The van der Waals surface area contributed by atoms with E-state index in [0.717, 1.165) is 0 Å². The minimum absolute atomic E-state index is 0.134. The lowest BCUT2D eigenvalue weighted by atomic mass is 10.1. The standard InChI is InChI=1S/C9H7ClN2O/c1-5(13)8-7(12)3-2-6(4-11)9(8)10/h2-3H,12H2,1H3. The third-order valence-electron chi connectivity index (χ3n) is 1.65. The average molecular weight is 195 g/mol.